The Kier molecular flexibility index (Phi) is 42.9. The Morgan fingerprint density at radius 2 is 1.27 bits per heavy atom. The molecule has 0 amide bonds. The molecule has 0 aromatic rings. The average molecular weight is 277 g/mol. The second-order valence-corrected chi connectivity index (χ2v) is 3.80. The predicted octanol–water partition coefficient (Wildman–Crippen LogP) is -9.63. The second kappa shape index (κ2) is 20.4. The minimum Gasteiger partial charge on any atom is -1.00 e. The molecule has 0 rings (SSSR count). The minimum absolute atomic E-state index is 0. The van der Waals surface area contributed by atoms with Crippen molar-refractivity contribution in [3.8, 4) is 0 Å². The van der Waals surface area contributed by atoms with E-state index in [0.29, 0.717) is 13.2 Å². The fourth-order valence-corrected chi connectivity index (χ4v) is 1.42. The van der Waals surface area contributed by atoms with Crippen LogP contribution in [0.2, 0.25) is 0 Å². The molecule has 0 aromatic carbocycles. The summed E-state index contributed by atoms with van der Waals surface area (Å²) in [7, 11) is -3.23. The molecule has 0 saturated heterocycles. The van der Waals surface area contributed by atoms with Gasteiger partial charge in [-0.3, -0.25) is 9.05 Å². The van der Waals surface area contributed by atoms with Gasteiger partial charge in [-0.05, 0) is 12.8 Å². The van der Waals surface area contributed by atoms with Crippen LogP contribution in [0.4, 0.5) is 0 Å². The first kappa shape index (κ1) is 31.5. The van der Waals surface area contributed by atoms with Crippen LogP contribution in [0.5, 0.6) is 0 Å². The first-order chi connectivity index (χ1) is 5.12. The molecule has 0 fully saturated rings. The summed E-state index contributed by atoms with van der Waals surface area (Å²) in [6, 6.07) is 0. The molecule has 76 valence electrons. The Morgan fingerprint density at radius 3 is 1.47 bits per heavy atom. The van der Waals surface area contributed by atoms with E-state index in [2.05, 4.69) is 0 Å². The molecule has 4 nitrogen and oxygen atoms in total. The van der Waals surface area contributed by atoms with Crippen LogP contribution >= 0.6 is 7.75 Å². The molecule has 0 aliphatic carbocycles. The quantitative estimate of drug-likeness (QED) is 0.387. The number of nitrogens with two attached hydrogens (primary N) is 1. The molecular weight excluding hydrogens is 257 g/mol. The van der Waals surface area contributed by atoms with Gasteiger partial charge in [0.2, 0.25) is 0 Å². The Bertz CT molecular complexity index is 154. The largest absolute Gasteiger partial charge is 1.00 e. The summed E-state index contributed by atoms with van der Waals surface area (Å²) in [5.41, 5.74) is 5.20. The maximum absolute atomic E-state index is 11.1. The van der Waals surface area contributed by atoms with E-state index in [1.54, 1.807) is 0 Å². The molecule has 9 heteroatoms. The molecule has 0 aliphatic heterocycles. The number of hydrogen-bond donors (Lipinski definition) is 1. The van der Waals surface area contributed by atoms with Gasteiger partial charge in [0, 0.05) is 0 Å². The van der Waals surface area contributed by atoms with E-state index < -0.39 is 7.75 Å². The van der Waals surface area contributed by atoms with E-state index in [9.17, 15) is 4.57 Å². The van der Waals surface area contributed by atoms with E-state index in [4.69, 9.17) is 14.6 Å². The van der Waals surface area contributed by atoms with Gasteiger partial charge in [-0.25, -0.2) is 10.1 Å². The van der Waals surface area contributed by atoms with E-state index in [0.717, 1.165) is 12.8 Å². The van der Waals surface area contributed by atoms with Gasteiger partial charge in [0.05, 0.1) is 13.2 Å². The summed E-state index contributed by atoms with van der Waals surface area (Å²) in [6.45, 7) is 4.61. The Balaban J connectivity index is -0.0000000179. The SMILES string of the molecule is CCCOP(N)(=O)OCCC.[H-].[H-].[H-].[H-].[Na+].[Na+].[Na+].[Na+]. The molecule has 0 radical (unpaired) electrons. The van der Waals surface area contributed by atoms with E-state index in [-0.39, 0.29) is 124 Å². The molecule has 0 unspecified atom stereocenters. The fourth-order valence-electron chi connectivity index (χ4n) is 0.474. The summed E-state index contributed by atoms with van der Waals surface area (Å²) in [4.78, 5) is 0. The van der Waals surface area contributed by atoms with E-state index in [1.807, 2.05) is 13.8 Å². The zero-order valence-electron chi connectivity index (χ0n) is 15.1. The fraction of sp³-hybridized carbons (Fsp3) is 1.00. The molecular formula is C6H20NNa4O3P. The topological polar surface area (TPSA) is 61.5 Å². The first-order valence-corrected chi connectivity index (χ1v) is 5.41. The third kappa shape index (κ3) is 23.6. The molecule has 0 aromatic heterocycles. The number of rotatable bonds is 6. The maximum atomic E-state index is 11.1. The van der Waals surface area contributed by atoms with Crippen molar-refractivity contribution in [2.24, 2.45) is 5.50 Å². The van der Waals surface area contributed by atoms with E-state index >= 15 is 0 Å². The molecule has 2 N–H and O–H groups in total. The van der Waals surface area contributed by atoms with Crippen LogP contribution in [0.3, 0.4) is 0 Å². The van der Waals surface area contributed by atoms with Crippen LogP contribution in [0.25, 0.3) is 0 Å². The smallest absolute Gasteiger partial charge is 1.00 e. The third-order valence-corrected chi connectivity index (χ3v) is 2.04. The van der Waals surface area contributed by atoms with Crippen LogP contribution in [0, 0.1) is 0 Å². The van der Waals surface area contributed by atoms with Gasteiger partial charge in [-0.15, -0.1) is 0 Å². The van der Waals surface area contributed by atoms with Gasteiger partial charge in [0.15, 0.2) is 0 Å². The van der Waals surface area contributed by atoms with Crippen LogP contribution in [0.15, 0.2) is 0 Å². The van der Waals surface area contributed by atoms with Gasteiger partial charge in [-0.2, -0.15) is 0 Å². The average Bonchev–Trinajstić information content (AvgIpc) is 1.97. The summed E-state index contributed by atoms with van der Waals surface area (Å²) in [5.74, 6) is 0. The van der Waals surface area contributed by atoms with Crippen LogP contribution in [0.1, 0.15) is 32.4 Å². The first-order valence-electron chi connectivity index (χ1n) is 3.80. The molecule has 0 bridgehead atoms. The molecule has 0 heterocycles. The summed E-state index contributed by atoms with van der Waals surface area (Å²) in [6.07, 6.45) is 1.58. The molecule has 15 heavy (non-hydrogen) atoms. The molecule has 0 spiro atoms. The summed E-state index contributed by atoms with van der Waals surface area (Å²) in [5, 5.41) is 0. The number of hydrogen-bond acceptors (Lipinski definition) is 3. The monoisotopic (exact) mass is 277 g/mol. The standard InChI is InChI=1S/C6H16NO3P.4Na.4H/c1-3-5-9-11(7,8)10-6-4-2;;;;;;;;/h3-6H2,1-2H3,(H2,7,8);;;;;;;;/q;4*+1;4*-1. The third-order valence-electron chi connectivity index (χ3n) is 0.951. The van der Waals surface area contributed by atoms with Crippen molar-refractivity contribution in [3.63, 3.8) is 0 Å². The van der Waals surface area contributed by atoms with Crippen LogP contribution in [-0.4, -0.2) is 13.2 Å². The summed E-state index contributed by atoms with van der Waals surface area (Å²) < 4.78 is 20.6. The van der Waals surface area contributed by atoms with Gasteiger partial charge in [-0.1, -0.05) is 13.8 Å². The van der Waals surface area contributed by atoms with Crippen LogP contribution < -0.4 is 124 Å². The van der Waals surface area contributed by atoms with Crippen molar-refractivity contribution >= 4 is 7.75 Å². The van der Waals surface area contributed by atoms with Gasteiger partial charge in [0.1, 0.15) is 0 Å². The Hall–Kier alpha value is 4.11. The Morgan fingerprint density at radius 1 is 1.00 bits per heavy atom. The zero-order chi connectivity index (χ0) is 8.74. The van der Waals surface area contributed by atoms with Crippen LogP contribution in [-0.2, 0) is 13.6 Å². The van der Waals surface area contributed by atoms with Crippen molar-refractivity contribution < 1.29 is 138 Å². The normalized spacial score (nSPS) is 8.73. The zero-order valence-corrected chi connectivity index (χ0v) is 20.0. The van der Waals surface area contributed by atoms with Crippen molar-refractivity contribution in [1.82, 2.24) is 0 Å². The second-order valence-electron chi connectivity index (χ2n) is 2.21. The minimum atomic E-state index is -3.23. The van der Waals surface area contributed by atoms with Gasteiger partial charge >= 0.3 is 126 Å². The molecule has 0 saturated carbocycles. The van der Waals surface area contributed by atoms with Gasteiger partial charge < -0.3 is 5.71 Å². The van der Waals surface area contributed by atoms with Gasteiger partial charge in [0.25, 0.3) is 0 Å². The van der Waals surface area contributed by atoms with Crippen molar-refractivity contribution in [1.29, 1.82) is 0 Å². The van der Waals surface area contributed by atoms with Crippen molar-refractivity contribution in [2.45, 2.75) is 26.7 Å². The predicted molar refractivity (Wildman–Crippen MR) is 48.7 cm³/mol. The van der Waals surface area contributed by atoms with Crippen molar-refractivity contribution in [3.05, 3.63) is 0 Å². The maximum Gasteiger partial charge on any atom is 1.00 e. The Labute approximate surface area is 187 Å². The molecule has 0 atom stereocenters. The van der Waals surface area contributed by atoms with Crippen molar-refractivity contribution in [2.75, 3.05) is 13.2 Å². The molecule has 0 aliphatic rings. The van der Waals surface area contributed by atoms with E-state index in [1.165, 1.54) is 0 Å². The summed E-state index contributed by atoms with van der Waals surface area (Å²) >= 11 is 0.